The summed E-state index contributed by atoms with van der Waals surface area (Å²) in [6.45, 7) is -3.02. The third-order valence-electron chi connectivity index (χ3n) is 5.12. The summed E-state index contributed by atoms with van der Waals surface area (Å²) < 4.78 is 121. The highest BCUT2D eigenvalue weighted by Gasteiger charge is 2.82. The van der Waals surface area contributed by atoms with Crippen LogP contribution in [0.3, 0.4) is 0 Å². The highest BCUT2D eigenvalue weighted by molar-refractivity contribution is 6.24. The third-order valence-corrected chi connectivity index (χ3v) is 5.12. The van der Waals surface area contributed by atoms with Crippen LogP contribution in [0.2, 0.25) is 0 Å². The topological polar surface area (TPSA) is 130 Å². The Morgan fingerprint density at radius 3 is 1.84 bits per heavy atom. The number of carbonyl (C=O) groups excluding carboxylic acids is 2. The number of alkyl halides is 9. The molecule has 9 nitrogen and oxygen atoms in total. The number of nitro groups is 2. The fourth-order valence-corrected chi connectivity index (χ4v) is 3.29. The summed E-state index contributed by atoms with van der Waals surface area (Å²) in [5, 5.41) is 22.2. The van der Waals surface area contributed by atoms with E-state index in [-0.39, 0.29) is 5.56 Å². The van der Waals surface area contributed by atoms with Gasteiger partial charge in [0.25, 0.3) is 11.4 Å². The molecule has 0 N–H and O–H groups in total. The molecule has 0 spiro atoms. The molecule has 0 radical (unpaired) electrons. The molecule has 0 amide bonds. The van der Waals surface area contributed by atoms with E-state index in [1.165, 1.54) is 0 Å². The second kappa shape index (κ2) is 8.41. The lowest BCUT2D eigenvalue weighted by Gasteiger charge is -2.33. The van der Waals surface area contributed by atoms with Crippen molar-refractivity contribution in [2.45, 2.75) is 23.9 Å². The van der Waals surface area contributed by atoms with Crippen molar-refractivity contribution in [1.82, 2.24) is 0 Å². The Morgan fingerprint density at radius 1 is 0.784 bits per heavy atom. The summed E-state index contributed by atoms with van der Waals surface area (Å²) in [5.41, 5.74) is -4.77. The number of fused-ring (bicyclic) bond motifs is 3. The van der Waals surface area contributed by atoms with Gasteiger partial charge in [-0.15, -0.1) is 0 Å². The number of hydrogen-bond acceptors (Lipinski definition) is 7. The zero-order valence-electron chi connectivity index (χ0n) is 17.2. The van der Waals surface area contributed by atoms with Gasteiger partial charge >= 0.3 is 29.9 Å². The molecule has 1 aliphatic carbocycles. The van der Waals surface area contributed by atoms with Crippen LogP contribution in [0, 0.1) is 20.2 Å². The Hall–Kier alpha value is -4.25. The fourth-order valence-electron chi connectivity index (χ4n) is 3.29. The summed E-state index contributed by atoms with van der Waals surface area (Å²) in [7, 11) is 0. The quantitative estimate of drug-likeness (QED) is 0.169. The molecule has 198 valence electrons. The van der Waals surface area contributed by atoms with E-state index in [1.54, 1.807) is 0 Å². The SMILES string of the molecule is O=C(OCC(F)(F)C(F)(F)C(F)(F)C(F)(F)F)c1cc([N+](=O)[O-])cc2c1-c1ccc([N+](=O)[O-])cc1C2=O. The van der Waals surface area contributed by atoms with Crippen molar-refractivity contribution in [2.75, 3.05) is 6.61 Å². The first-order valence-corrected chi connectivity index (χ1v) is 9.28. The number of rotatable bonds is 7. The van der Waals surface area contributed by atoms with Crippen molar-refractivity contribution in [3.63, 3.8) is 0 Å². The summed E-state index contributed by atoms with van der Waals surface area (Å²) in [5.74, 6) is -23.9. The molecule has 0 aliphatic heterocycles. The first kappa shape index (κ1) is 27.3. The van der Waals surface area contributed by atoms with Gasteiger partial charge in [0.1, 0.15) is 0 Å². The number of ether oxygens (including phenoxy) is 1. The van der Waals surface area contributed by atoms with E-state index in [0.717, 1.165) is 12.1 Å². The Morgan fingerprint density at radius 2 is 1.32 bits per heavy atom. The maximum Gasteiger partial charge on any atom is 0.460 e. The molecule has 2 aromatic carbocycles. The molecule has 0 bridgehead atoms. The van der Waals surface area contributed by atoms with Crippen LogP contribution in [-0.4, -0.2) is 52.1 Å². The number of nitrogens with zero attached hydrogens (tertiary/aromatic N) is 2. The van der Waals surface area contributed by atoms with Crippen LogP contribution in [0.1, 0.15) is 26.3 Å². The molecular weight excluding hydrogens is 539 g/mol. The van der Waals surface area contributed by atoms with Crippen LogP contribution in [-0.2, 0) is 4.74 Å². The van der Waals surface area contributed by atoms with Gasteiger partial charge in [0.05, 0.1) is 15.4 Å². The molecule has 0 heterocycles. The number of benzene rings is 2. The lowest BCUT2D eigenvalue weighted by atomic mass is 9.98. The number of hydrogen-bond donors (Lipinski definition) is 0. The molecule has 2 aromatic rings. The number of non-ortho nitro benzene ring substituents is 2. The van der Waals surface area contributed by atoms with E-state index in [4.69, 9.17) is 0 Å². The van der Waals surface area contributed by atoms with Gasteiger partial charge in [0, 0.05) is 41.0 Å². The second-order valence-electron chi connectivity index (χ2n) is 7.42. The molecule has 0 unspecified atom stereocenters. The summed E-state index contributed by atoms with van der Waals surface area (Å²) in [4.78, 5) is 45.2. The molecule has 0 saturated heterocycles. The zero-order valence-corrected chi connectivity index (χ0v) is 17.2. The standard InChI is InChI=1S/C19H7F9N2O7/c20-16(21,17(22,23)18(24,25)19(26,27)28)6-37-15(32)12-5-8(30(35)36)4-11-13(12)9-2-1-7(29(33)34)3-10(9)14(11)31/h1-5H,6H2. The number of nitro benzene ring substituents is 2. The molecular formula is C19H7F9N2O7. The molecule has 0 atom stereocenters. The molecule has 3 rings (SSSR count). The smallest absolute Gasteiger partial charge is 0.455 e. The monoisotopic (exact) mass is 546 g/mol. The van der Waals surface area contributed by atoms with Crippen LogP contribution < -0.4 is 0 Å². The van der Waals surface area contributed by atoms with E-state index in [1.807, 2.05) is 0 Å². The number of ketones is 1. The molecule has 0 fully saturated rings. The van der Waals surface area contributed by atoms with Gasteiger partial charge in [0.15, 0.2) is 12.4 Å². The van der Waals surface area contributed by atoms with Crippen molar-refractivity contribution < 1.29 is 63.7 Å². The van der Waals surface area contributed by atoms with Gasteiger partial charge in [-0.1, -0.05) is 0 Å². The minimum Gasteiger partial charge on any atom is -0.455 e. The molecule has 37 heavy (non-hydrogen) atoms. The van der Waals surface area contributed by atoms with Gasteiger partial charge in [-0.05, 0) is 11.6 Å². The van der Waals surface area contributed by atoms with Crippen LogP contribution in [0.15, 0.2) is 30.3 Å². The van der Waals surface area contributed by atoms with Crippen LogP contribution >= 0.6 is 0 Å². The summed E-state index contributed by atoms with van der Waals surface area (Å²) in [6.07, 6.45) is -7.11. The van der Waals surface area contributed by atoms with Crippen molar-refractivity contribution in [3.05, 3.63) is 67.3 Å². The first-order valence-electron chi connectivity index (χ1n) is 9.28. The van der Waals surface area contributed by atoms with Crippen LogP contribution in [0.25, 0.3) is 11.1 Å². The third kappa shape index (κ3) is 4.20. The first-order chi connectivity index (χ1) is 16.7. The highest BCUT2D eigenvalue weighted by Crippen LogP contribution is 2.53. The Kier molecular flexibility index (Phi) is 6.21. The Labute approximate surface area is 196 Å². The van der Waals surface area contributed by atoms with E-state index in [2.05, 4.69) is 4.74 Å². The van der Waals surface area contributed by atoms with Gasteiger partial charge in [0.2, 0.25) is 0 Å². The average Bonchev–Trinajstić information content (AvgIpc) is 3.07. The van der Waals surface area contributed by atoms with E-state index < -0.39 is 85.8 Å². The van der Waals surface area contributed by atoms with Crippen molar-refractivity contribution in [3.8, 4) is 11.1 Å². The van der Waals surface area contributed by atoms with Gasteiger partial charge < -0.3 is 4.74 Å². The normalized spacial score (nSPS) is 13.7. The molecule has 0 saturated carbocycles. The van der Waals surface area contributed by atoms with Gasteiger partial charge in [-0.25, -0.2) is 4.79 Å². The van der Waals surface area contributed by atoms with Crippen molar-refractivity contribution >= 4 is 23.1 Å². The number of carbonyl (C=O) groups is 2. The lowest BCUT2D eigenvalue weighted by Crippen LogP contribution is -2.62. The average molecular weight is 546 g/mol. The largest absolute Gasteiger partial charge is 0.460 e. The van der Waals surface area contributed by atoms with E-state index in [0.29, 0.717) is 18.2 Å². The predicted octanol–water partition coefficient (Wildman–Crippen LogP) is 5.34. The highest BCUT2D eigenvalue weighted by atomic mass is 19.4. The minimum atomic E-state index is -7.25. The number of halogens is 9. The maximum absolute atomic E-state index is 13.8. The van der Waals surface area contributed by atoms with Gasteiger partial charge in [-0.2, -0.15) is 39.5 Å². The predicted molar refractivity (Wildman–Crippen MR) is 99.8 cm³/mol. The molecule has 1 aliphatic rings. The van der Waals surface area contributed by atoms with E-state index >= 15 is 0 Å². The summed E-state index contributed by atoms with van der Waals surface area (Å²) in [6, 6.07) is 3.38. The Bertz CT molecular complexity index is 1360. The van der Waals surface area contributed by atoms with Crippen LogP contribution in [0.5, 0.6) is 0 Å². The number of esters is 1. The molecule has 0 aromatic heterocycles. The lowest BCUT2D eigenvalue weighted by molar-refractivity contribution is -0.398. The fraction of sp³-hybridized carbons (Fsp3) is 0.263. The maximum atomic E-state index is 13.8. The van der Waals surface area contributed by atoms with E-state index in [9.17, 15) is 69.3 Å². The second-order valence-corrected chi connectivity index (χ2v) is 7.42. The van der Waals surface area contributed by atoms with Crippen LogP contribution in [0.4, 0.5) is 50.9 Å². The summed E-state index contributed by atoms with van der Waals surface area (Å²) >= 11 is 0. The zero-order chi connectivity index (χ0) is 28.3. The van der Waals surface area contributed by atoms with Gasteiger partial charge in [-0.3, -0.25) is 25.0 Å². The molecule has 18 heteroatoms. The Balaban J connectivity index is 2.05. The minimum absolute atomic E-state index is 0.298. The van der Waals surface area contributed by atoms with Crippen molar-refractivity contribution in [1.29, 1.82) is 0 Å². The van der Waals surface area contributed by atoms with Crippen molar-refractivity contribution in [2.24, 2.45) is 0 Å².